The Labute approximate surface area is 80.6 Å². The van der Waals surface area contributed by atoms with Crippen molar-refractivity contribution in [2.45, 2.75) is 0 Å². The van der Waals surface area contributed by atoms with Gasteiger partial charge in [0.1, 0.15) is 5.69 Å². The SMILES string of the molecule is COc1ncc(-c2cnn(C)c2)nn1. The van der Waals surface area contributed by atoms with Crippen molar-refractivity contribution in [1.29, 1.82) is 0 Å². The minimum absolute atomic E-state index is 0.262. The molecule has 6 nitrogen and oxygen atoms in total. The highest BCUT2D eigenvalue weighted by atomic mass is 16.5. The summed E-state index contributed by atoms with van der Waals surface area (Å²) >= 11 is 0. The summed E-state index contributed by atoms with van der Waals surface area (Å²) in [4.78, 5) is 3.95. The van der Waals surface area contributed by atoms with Crippen molar-refractivity contribution in [3.63, 3.8) is 0 Å². The van der Waals surface area contributed by atoms with Gasteiger partial charge in [0.15, 0.2) is 0 Å². The Kier molecular flexibility index (Phi) is 2.10. The molecule has 0 N–H and O–H groups in total. The van der Waals surface area contributed by atoms with Gasteiger partial charge in [-0.3, -0.25) is 4.68 Å². The summed E-state index contributed by atoms with van der Waals surface area (Å²) in [6.45, 7) is 0. The Bertz CT molecular complexity index is 422. The van der Waals surface area contributed by atoms with Crippen LogP contribution < -0.4 is 4.74 Å². The van der Waals surface area contributed by atoms with E-state index in [0.717, 1.165) is 5.56 Å². The third-order valence-corrected chi connectivity index (χ3v) is 1.72. The summed E-state index contributed by atoms with van der Waals surface area (Å²) in [5.74, 6) is 0. The normalized spacial score (nSPS) is 10.1. The average Bonchev–Trinajstić information content (AvgIpc) is 2.65. The number of nitrogens with zero attached hydrogens (tertiary/aromatic N) is 5. The van der Waals surface area contributed by atoms with Gasteiger partial charge >= 0.3 is 6.01 Å². The summed E-state index contributed by atoms with van der Waals surface area (Å²) < 4.78 is 6.50. The van der Waals surface area contributed by atoms with Crippen LogP contribution in [-0.2, 0) is 7.05 Å². The second kappa shape index (κ2) is 3.41. The smallest absolute Gasteiger partial charge is 0.335 e. The van der Waals surface area contributed by atoms with E-state index in [9.17, 15) is 0 Å². The van der Waals surface area contributed by atoms with Gasteiger partial charge in [0.25, 0.3) is 0 Å². The Balaban J connectivity index is 2.33. The minimum atomic E-state index is 0.262. The topological polar surface area (TPSA) is 65.7 Å². The highest BCUT2D eigenvalue weighted by Gasteiger charge is 2.03. The average molecular weight is 191 g/mol. The van der Waals surface area contributed by atoms with Gasteiger partial charge in [0, 0.05) is 18.8 Å². The maximum absolute atomic E-state index is 4.80. The lowest BCUT2D eigenvalue weighted by molar-refractivity contribution is 0.373. The predicted molar refractivity (Wildman–Crippen MR) is 48.6 cm³/mol. The van der Waals surface area contributed by atoms with E-state index in [0.29, 0.717) is 5.69 Å². The van der Waals surface area contributed by atoms with E-state index in [4.69, 9.17) is 4.74 Å². The van der Waals surface area contributed by atoms with Crippen LogP contribution in [0.15, 0.2) is 18.6 Å². The van der Waals surface area contributed by atoms with Crippen molar-refractivity contribution < 1.29 is 4.74 Å². The predicted octanol–water partition coefficient (Wildman–Crippen LogP) is 0.281. The Morgan fingerprint density at radius 1 is 1.29 bits per heavy atom. The number of aryl methyl sites for hydroxylation is 1. The number of aromatic nitrogens is 5. The van der Waals surface area contributed by atoms with Crippen LogP contribution in [0, 0.1) is 0 Å². The van der Waals surface area contributed by atoms with Crippen LogP contribution in [-0.4, -0.2) is 32.1 Å². The monoisotopic (exact) mass is 191 g/mol. The van der Waals surface area contributed by atoms with Crippen LogP contribution >= 0.6 is 0 Å². The lowest BCUT2D eigenvalue weighted by Crippen LogP contribution is -1.95. The molecule has 0 fully saturated rings. The third-order valence-electron chi connectivity index (χ3n) is 1.72. The summed E-state index contributed by atoms with van der Waals surface area (Å²) in [5.41, 5.74) is 1.56. The van der Waals surface area contributed by atoms with Gasteiger partial charge in [0.2, 0.25) is 0 Å². The van der Waals surface area contributed by atoms with Crippen LogP contribution in [0.5, 0.6) is 6.01 Å². The number of hydrogen-bond donors (Lipinski definition) is 0. The molecule has 2 heterocycles. The van der Waals surface area contributed by atoms with Crippen molar-refractivity contribution in [3.8, 4) is 17.3 Å². The molecule has 0 aliphatic heterocycles. The maximum Gasteiger partial charge on any atom is 0.335 e. The van der Waals surface area contributed by atoms with E-state index in [-0.39, 0.29) is 6.01 Å². The quantitative estimate of drug-likeness (QED) is 0.682. The first-order chi connectivity index (χ1) is 6.79. The molecule has 2 aromatic rings. The second-order valence-corrected chi connectivity index (χ2v) is 2.73. The zero-order valence-electron chi connectivity index (χ0n) is 7.88. The molecule has 0 spiro atoms. The molecule has 2 aromatic heterocycles. The standard InChI is InChI=1S/C8H9N5O/c1-13-5-6(3-10-13)7-4-9-8(14-2)12-11-7/h3-5H,1-2H3. The highest BCUT2D eigenvalue weighted by molar-refractivity contribution is 5.54. The molecule has 0 unspecified atom stereocenters. The number of rotatable bonds is 2. The lowest BCUT2D eigenvalue weighted by Gasteiger charge is -1.96. The fourth-order valence-corrected chi connectivity index (χ4v) is 1.04. The summed E-state index contributed by atoms with van der Waals surface area (Å²) in [5, 5.41) is 11.7. The molecule has 0 bridgehead atoms. The van der Waals surface area contributed by atoms with Crippen molar-refractivity contribution in [1.82, 2.24) is 25.0 Å². The molecule has 2 rings (SSSR count). The van der Waals surface area contributed by atoms with Gasteiger partial charge in [-0.05, 0) is 0 Å². The summed E-state index contributed by atoms with van der Waals surface area (Å²) in [7, 11) is 3.34. The second-order valence-electron chi connectivity index (χ2n) is 2.73. The molecule has 0 aromatic carbocycles. The van der Waals surface area contributed by atoms with Crippen molar-refractivity contribution in [2.75, 3.05) is 7.11 Å². The van der Waals surface area contributed by atoms with Crippen molar-refractivity contribution in [2.24, 2.45) is 7.05 Å². The fourth-order valence-electron chi connectivity index (χ4n) is 1.04. The van der Waals surface area contributed by atoms with Gasteiger partial charge in [0.05, 0.1) is 19.5 Å². The number of hydrogen-bond acceptors (Lipinski definition) is 5. The van der Waals surface area contributed by atoms with Crippen LogP contribution in [0.25, 0.3) is 11.3 Å². The molecule has 72 valence electrons. The Hall–Kier alpha value is -1.98. The van der Waals surface area contributed by atoms with Gasteiger partial charge in [-0.1, -0.05) is 5.10 Å². The summed E-state index contributed by atoms with van der Waals surface area (Å²) in [6.07, 6.45) is 5.15. The molecule has 0 aliphatic rings. The largest absolute Gasteiger partial charge is 0.466 e. The Morgan fingerprint density at radius 3 is 2.64 bits per heavy atom. The first-order valence-electron chi connectivity index (χ1n) is 4.02. The van der Waals surface area contributed by atoms with Gasteiger partial charge in [-0.15, -0.1) is 5.10 Å². The van der Waals surface area contributed by atoms with Gasteiger partial charge < -0.3 is 4.74 Å². The molecule has 14 heavy (non-hydrogen) atoms. The van der Waals surface area contributed by atoms with E-state index in [1.807, 2.05) is 13.2 Å². The van der Waals surface area contributed by atoms with Gasteiger partial charge in [-0.25, -0.2) is 4.98 Å². The first kappa shape index (κ1) is 8.61. The molecular formula is C8H9N5O. The molecule has 0 radical (unpaired) electrons. The van der Waals surface area contributed by atoms with Gasteiger partial charge in [-0.2, -0.15) is 5.10 Å². The molecule has 0 atom stereocenters. The first-order valence-corrected chi connectivity index (χ1v) is 4.02. The molecule has 0 amide bonds. The molecule has 0 aliphatic carbocycles. The van der Waals surface area contributed by atoms with E-state index < -0.39 is 0 Å². The maximum atomic E-state index is 4.80. The molecule has 0 saturated carbocycles. The zero-order chi connectivity index (χ0) is 9.97. The Morgan fingerprint density at radius 2 is 2.14 bits per heavy atom. The van der Waals surface area contributed by atoms with Crippen molar-refractivity contribution >= 4 is 0 Å². The van der Waals surface area contributed by atoms with Crippen LogP contribution in [0.3, 0.4) is 0 Å². The summed E-state index contributed by atoms with van der Waals surface area (Å²) in [6, 6.07) is 0.262. The van der Waals surface area contributed by atoms with E-state index in [2.05, 4.69) is 20.3 Å². The lowest BCUT2D eigenvalue weighted by atomic mass is 10.3. The minimum Gasteiger partial charge on any atom is -0.466 e. The number of ether oxygens (including phenoxy) is 1. The van der Waals surface area contributed by atoms with Crippen LogP contribution in [0.1, 0.15) is 0 Å². The van der Waals surface area contributed by atoms with E-state index in [1.165, 1.54) is 7.11 Å². The fraction of sp³-hybridized carbons (Fsp3) is 0.250. The molecule has 6 heteroatoms. The van der Waals surface area contributed by atoms with Crippen LogP contribution in [0.2, 0.25) is 0 Å². The third kappa shape index (κ3) is 1.54. The van der Waals surface area contributed by atoms with Crippen LogP contribution in [0.4, 0.5) is 0 Å². The highest BCUT2D eigenvalue weighted by Crippen LogP contribution is 2.13. The number of methoxy groups -OCH3 is 1. The van der Waals surface area contributed by atoms with E-state index >= 15 is 0 Å². The van der Waals surface area contributed by atoms with Crippen molar-refractivity contribution in [3.05, 3.63) is 18.6 Å². The molecular weight excluding hydrogens is 182 g/mol. The molecule has 0 saturated heterocycles. The van der Waals surface area contributed by atoms with E-state index in [1.54, 1.807) is 17.1 Å². The zero-order valence-corrected chi connectivity index (χ0v) is 7.88.